The number of anilines is 2. The summed E-state index contributed by atoms with van der Waals surface area (Å²) in [5, 5.41) is 2.95. The summed E-state index contributed by atoms with van der Waals surface area (Å²) < 4.78 is 37.9. The van der Waals surface area contributed by atoms with E-state index in [0.29, 0.717) is 32.0 Å². The van der Waals surface area contributed by atoms with Crippen molar-refractivity contribution in [1.82, 2.24) is 9.88 Å². The predicted octanol–water partition coefficient (Wildman–Crippen LogP) is 4.07. The summed E-state index contributed by atoms with van der Waals surface area (Å²) in [6.07, 6.45) is -3.55. The summed E-state index contributed by atoms with van der Waals surface area (Å²) in [6.45, 7) is 5.85. The highest BCUT2D eigenvalue weighted by atomic mass is 19.4. The van der Waals surface area contributed by atoms with Crippen LogP contribution >= 0.6 is 0 Å². The number of urea groups is 1. The van der Waals surface area contributed by atoms with Crippen molar-refractivity contribution in [2.45, 2.75) is 20.0 Å². The molecule has 1 aromatic heterocycles. The Bertz CT molecular complexity index is 792. The molecule has 0 spiro atoms. The van der Waals surface area contributed by atoms with Crippen molar-refractivity contribution >= 4 is 17.5 Å². The normalized spacial score (nSPS) is 15.0. The van der Waals surface area contributed by atoms with Crippen molar-refractivity contribution in [3.63, 3.8) is 0 Å². The van der Waals surface area contributed by atoms with Crippen molar-refractivity contribution in [1.29, 1.82) is 0 Å². The molecule has 2 heterocycles. The largest absolute Gasteiger partial charge is 0.417 e. The second kappa shape index (κ2) is 7.46. The molecule has 1 fully saturated rings. The molecular weight excluding hydrogens is 357 g/mol. The van der Waals surface area contributed by atoms with Gasteiger partial charge in [0.1, 0.15) is 5.82 Å². The van der Waals surface area contributed by atoms with E-state index in [9.17, 15) is 18.0 Å². The maximum absolute atomic E-state index is 12.6. The van der Waals surface area contributed by atoms with Gasteiger partial charge >= 0.3 is 12.2 Å². The lowest BCUT2D eigenvalue weighted by atomic mass is 10.1. The average Bonchev–Trinajstić information content (AvgIpc) is 2.64. The number of benzene rings is 1. The third kappa shape index (κ3) is 4.32. The smallest absolute Gasteiger partial charge is 0.353 e. The van der Waals surface area contributed by atoms with E-state index in [1.807, 2.05) is 36.9 Å². The lowest BCUT2D eigenvalue weighted by molar-refractivity contribution is -0.137. The van der Waals surface area contributed by atoms with Gasteiger partial charge in [-0.05, 0) is 37.1 Å². The molecule has 1 aromatic carbocycles. The summed E-state index contributed by atoms with van der Waals surface area (Å²) in [5.74, 6) is 0.484. The zero-order chi connectivity index (χ0) is 19.6. The molecular formula is C19H21F3N4O. The highest BCUT2D eigenvalue weighted by Crippen LogP contribution is 2.29. The number of nitrogens with zero attached hydrogens (tertiary/aromatic N) is 3. The third-order valence-corrected chi connectivity index (χ3v) is 4.68. The van der Waals surface area contributed by atoms with E-state index in [2.05, 4.69) is 10.3 Å². The number of para-hydroxylation sites is 1. The van der Waals surface area contributed by atoms with E-state index in [0.717, 1.165) is 29.1 Å². The van der Waals surface area contributed by atoms with Gasteiger partial charge < -0.3 is 15.1 Å². The Morgan fingerprint density at radius 2 is 1.67 bits per heavy atom. The van der Waals surface area contributed by atoms with Crippen molar-refractivity contribution in [3.8, 4) is 0 Å². The molecule has 8 heteroatoms. The number of alkyl halides is 3. The molecule has 0 atom stereocenters. The summed E-state index contributed by atoms with van der Waals surface area (Å²) in [4.78, 5) is 20.0. The average molecular weight is 378 g/mol. The van der Waals surface area contributed by atoms with Gasteiger partial charge in [0.05, 0.1) is 5.56 Å². The van der Waals surface area contributed by atoms with Gasteiger partial charge in [0.25, 0.3) is 0 Å². The number of rotatable bonds is 2. The van der Waals surface area contributed by atoms with Crippen molar-refractivity contribution < 1.29 is 18.0 Å². The fourth-order valence-corrected chi connectivity index (χ4v) is 3.08. The first-order valence-electron chi connectivity index (χ1n) is 8.66. The Morgan fingerprint density at radius 3 is 2.19 bits per heavy atom. The second-order valence-corrected chi connectivity index (χ2v) is 6.57. The van der Waals surface area contributed by atoms with Crippen molar-refractivity contribution in [3.05, 3.63) is 53.2 Å². The Labute approximate surface area is 155 Å². The van der Waals surface area contributed by atoms with Crippen LogP contribution in [0.3, 0.4) is 0 Å². The Balaban J connectivity index is 1.59. The van der Waals surface area contributed by atoms with E-state index in [-0.39, 0.29) is 6.03 Å². The number of hydrogen-bond acceptors (Lipinski definition) is 3. The van der Waals surface area contributed by atoms with Crippen LogP contribution in [0, 0.1) is 13.8 Å². The number of nitrogens with one attached hydrogen (secondary N) is 1. The fourth-order valence-electron chi connectivity index (χ4n) is 3.08. The zero-order valence-corrected chi connectivity index (χ0v) is 15.2. The molecule has 144 valence electrons. The van der Waals surface area contributed by atoms with Gasteiger partial charge in [0, 0.05) is 38.1 Å². The summed E-state index contributed by atoms with van der Waals surface area (Å²) in [5.41, 5.74) is 2.04. The maximum atomic E-state index is 12.6. The van der Waals surface area contributed by atoms with Gasteiger partial charge in [-0.3, -0.25) is 0 Å². The van der Waals surface area contributed by atoms with Crippen LogP contribution in [0.15, 0.2) is 36.5 Å². The van der Waals surface area contributed by atoms with Gasteiger partial charge in [-0.2, -0.15) is 13.2 Å². The molecule has 1 saturated heterocycles. The minimum atomic E-state index is -4.39. The van der Waals surface area contributed by atoms with Crippen LogP contribution in [-0.2, 0) is 6.18 Å². The second-order valence-electron chi connectivity index (χ2n) is 6.57. The first-order valence-corrected chi connectivity index (χ1v) is 8.66. The van der Waals surface area contributed by atoms with Crippen LogP contribution in [0.25, 0.3) is 0 Å². The van der Waals surface area contributed by atoms with Gasteiger partial charge in [-0.25, -0.2) is 9.78 Å². The molecule has 1 N–H and O–H groups in total. The zero-order valence-electron chi connectivity index (χ0n) is 15.2. The van der Waals surface area contributed by atoms with Crippen LogP contribution in [0.4, 0.5) is 29.5 Å². The fraction of sp³-hybridized carbons (Fsp3) is 0.368. The van der Waals surface area contributed by atoms with E-state index < -0.39 is 11.7 Å². The van der Waals surface area contributed by atoms with E-state index >= 15 is 0 Å². The number of pyridine rings is 1. The Kier molecular flexibility index (Phi) is 5.25. The Hall–Kier alpha value is -2.77. The number of piperazine rings is 1. The quantitative estimate of drug-likeness (QED) is 0.857. The number of halogens is 3. The first kappa shape index (κ1) is 19.0. The lowest BCUT2D eigenvalue weighted by Crippen LogP contribution is -2.50. The molecule has 27 heavy (non-hydrogen) atoms. The molecule has 1 aliphatic heterocycles. The Morgan fingerprint density at radius 1 is 1.04 bits per heavy atom. The molecule has 2 amide bonds. The number of carbonyl (C=O) groups is 1. The molecule has 0 bridgehead atoms. The van der Waals surface area contributed by atoms with Crippen LogP contribution < -0.4 is 10.2 Å². The van der Waals surface area contributed by atoms with Gasteiger partial charge in [-0.15, -0.1) is 0 Å². The van der Waals surface area contributed by atoms with Crippen LogP contribution in [0.5, 0.6) is 0 Å². The van der Waals surface area contributed by atoms with E-state index in [4.69, 9.17) is 0 Å². The van der Waals surface area contributed by atoms with Crippen LogP contribution in [0.1, 0.15) is 16.7 Å². The van der Waals surface area contributed by atoms with Gasteiger partial charge in [-0.1, -0.05) is 18.2 Å². The topological polar surface area (TPSA) is 48.5 Å². The highest BCUT2D eigenvalue weighted by molar-refractivity contribution is 5.91. The number of carbonyl (C=O) groups excluding carboxylic acids is 1. The number of aryl methyl sites for hydroxylation is 2. The minimum absolute atomic E-state index is 0.174. The lowest BCUT2D eigenvalue weighted by Gasteiger charge is -2.35. The molecule has 5 nitrogen and oxygen atoms in total. The number of aromatic nitrogens is 1. The van der Waals surface area contributed by atoms with Gasteiger partial charge in [0.15, 0.2) is 0 Å². The summed E-state index contributed by atoms with van der Waals surface area (Å²) in [7, 11) is 0. The van der Waals surface area contributed by atoms with E-state index in [1.54, 1.807) is 4.90 Å². The predicted molar refractivity (Wildman–Crippen MR) is 98.0 cm³/mol. The highest BCUT2D eigenvalue weighted by Gasteiger charge is 2.31. The van der Waals surface area contributed by atoms with Crippen LogP contribution in [-0.4, -0.2) is 42.1 Å². The third-order valence-electron chi connectivity index (χ3n) is 4.68. The SMILES string of the molecule is Cc1cccc(C)c1NC(=O)N1CCN(c2ccc(C(F)(F)F)cn2)CC1. The van der Waals surface area contributed by atoms with Crippen molar-refractivity contribution in [2.75, 3.05) is 36.4 Å². The van der Waals surface area contributed by atoms with Gasteiger partial charge in [0.2, 0.25) is 0 Å². The number of amides is 2. The van der Waals surface area contributed by atoms with Crippen LogP contribution in [0.2, 0.25) is 0 Å². The molecule has 0 unspecified atom stereocenters. The standard InChI is InChI=1S/C19H21F3N4O/c1-13-4-3-5-14(2)17(13)24-18(27)26-10-8-25(9-11-26)16-7-6-15(12-23-16)19(20,21)22/h3-7,12H,8-11H2,1-2H3,(H,24,27). The molecule has 1 aliphatic rings. The molecule has 0 radical (unpaired) electrons. The minimum Gasteiger partial charge on any atom is -0.353 e. The first-order chi connectivity index (χ1) is 12.8. The van der Waals surface area contributed by atoms with E-state index in [1.165, 1.54) is 6.07 Å². The summed E-state index contributed by atoms with van der Waals surface area (Å²) >= 11 is 0. The maximum Gasteiger partial charge on any atom is 0.417 e. The number of hydrogen-bond donors (Lipinski definition) is 1. The molecule has 0 saturated carbocycles. The molecule has 2 aromatic rings. The monoisotopic (exact) mass is 378 g/mol. The summed E-state index contributed by atoms with van der Waals surface area (Å²) in [6, 6.07) is 8.05. The van der Waals surface area contributed by atoms with Crippen molar-refractivity contribution in [2.24, 2.45) is 0 Å². The molecule has 0 aliphatic carbocycles. The molecule has 3 rings (SSSR count).